The fourth-order valence-corrected chi connectivity index (χ4v) is 1.68. The van der Waals surface area contributed by atoms with Gasteiger partial charge < -0.3 is 15.4 Å². The van der Waals surface area contributed by atoms with E-state index < -0.39 is 0 Å². The summed E-state index contributed by atoms with van der Waals surface area (Å²) < 4.78 is 5.31. The SMILES string of the molecule is CNCCC(=O)NCC1(C)CCOCC1. The van der Waals surface area contributed by atoms with Crippen LogP contribution in [0.1, 0.15) is 26.2 Å². The molecule has 0 spiro atoms. The molecule has 0 aromatic carbocycles. The lowest BCUT2D eigenvalue weighted by molar-refractivity contribution is -0.121. The Morgan fingerprint density at radius 2 is 2.07 bits per heavy atom. The van der Waals surface area contributed by atoms with Gasteiger partial charge in [-0.1, -0.05) is 6.92 Å². The van der Waals surface area contributed by atoms with Crippen LogP contribution in [0.5, 0.6) is 0 Å². The molecule has 0 bridgehead atoms. The highest BCUT2D eigenvalue weighted by Gasteiger charge is 2.27. The number of ether oxygens (including phenoxy) is 1. The van der Waals surface area contributed by atoms with E-state index in [1.807, 2.05) is 7.05 Å². The number of carbonyl (C=O) groups excluding carboxylic acids is 1. The van der Waals surface area contributed by atoms with Gasteiger partial charge in [-0.3, -0.25) is 4.79 Å². The molecule has 0 atom stereocenters. The first-order valence-electron chi connectivity index (χ1n) is 5.65. The van der Waals surface area contributed by atoms with Crippen LogP contribution in [0.2, 0.25) is 0 Å². The summed E-state index contributed by atoms with van der Waals surface area (Å²) in [6.45, 7) is 5.38. The van der Waals surface area contributed by atoms with E-state index in [0.29, 0.717) is 6.42 Å². The van der Waals surface area contributed by atoms with E-state index in [9.17, 15) is 4.79 Å². The molecule has 1 heterocycles. The molecular weight excluding hydrogens is 192 g/mol. The van der Waals surface area contributed by atoms with E-state index in [2.05, 4.69) is 17.6 Å². The van der Waals surface area contributed by atoms with Gasteiger partial charge >= 0.3 is 0 Å². The Balaban J connectivity index is 2.19. The first-order chi connectivity index (χ1) is 7.16. The van der Waals surface area contributed by atoms with Crippen LogP contribution in [0.15, 0.2) is 0 Å². The summed E-state index contributed by atoms with van der Waals surface area (Å²) in [4.78, 5) is 11.4. The zero-order valence-electron chi connectivity index (χ0n) is 9.77. The normalized spacial score (nSPS) is 19.9. The van der Waals surface area contributed by atoms with Crippen molar-refractivity contribution in [2.24, 2.45) is 5.41 Å². The van der Waals surface area contributed by atoms with Crippen molar-refractivity contribution in [3.8, 4) is 0 Å². The molecule has 2 N–H and O–H groups in total. The van der Waals surface area contributed by atoms with Crippen LogP contribution in [-0.4, -0.2) is 39.3 Å². The third kappa shape index (κ3) is 4.62. The topological polar surface area (TPSA) is 50.4 Å². The molecule has 1 rings (SSSR count). The molecule has 1 saturated heterocycles. The fourth-order valence-electron chi connectivity index (χ4n) is 1.68. The summed E-state index contributed by atoms with van der Waals surface area (Å²) in [5, 5.41) is 5.96. The van der Waals surface area contributed by atoms with Gasteiger partial charge in [-0.2, -0.15) is 0 Å². The van der Waals surface area contributed by atoms with Crippen molar-refractivity contribution in [2.75, 3.05) is 33.4 Å². The predicted molar refractivity (Wildman–Crippen MR) is 59.7 cm³/mol. The van der Waals surface area contributed by atoms with E-state index in [1.165, 1.54) is 0 Å². The van der Waals surface area contributed by atoms with Crippen LogP contribution in [-0.2, 0) is 9.53 Å². The van der Waals surface area contributed by atoms with Crippen LogP contribution in [0.4, 0.5) is 0 Å². The van der Waals surface area contributed by atoms with E-state index in [0.717, 1.165) is 39.1 Å². The molecule has 15 heavy (non-hydrogen) atoms. The Kier molecular flexibility index (Phi) is 5.05. The Morgan fingerprint density at radius 3 is 2.67 bits per heavy atom. The van der Waals surface area contributed by atoms with Crippen molar-refractivity contribution >= 4 is 5.91 Å². The second kappa shape index (κ2) is 6.08. The smallest absolute Gasteiger partial charge is 0.221 e. The highest BCUT2D eigenvalue weighted by atomic mass is 16.5. The molecule has 4 nitrogen and oxygen atoms in total. The van der Waals surface area contributed by atoms with Gasteiger partial charge in [0.15, 0.2) is 0 Å². The Labute approximate surface area is 91.8 Å². The van der Waals surface area contributed by atoms with Gasteiger partial charge in [-0.15, -0.1) is 0 Å². The summed E-state index contributed by atoms with van der Waals surface area (Å²) in [6, 6.07) is 0. The molecule has 1 aliphatic rings. The van der Waals surface area contributed by atoms with Crippen LogP contribution in [0.25, 0.3) is 0 Å². The van der Waals surface area contributed by atoms with Crippen molar-refractivity contribution < 1.29 is 9.53 Å². The van der Waals surface area contributed by atoms with Gasteiger partial charge in [0.25, 0.3) is 0 Å². The Morgan fingerprint density at radius 1 is 1.40 bits per heavy atom. The molecule has 4 heteroatoms. The zero-order valence-corrected chi connectivity index (χ0v) is 9.77. The average Bonchev–Trinajstić information content (AvgIpc) is 2.25. The monoisotopic (exact) mass is 214 g/mol. The summed E-state index contributed by atoms with van der Waals surface area (Å²) in [7, 11) is 1.85. The molecule has 0 aliphatic carbocycles. The van der Waals surface area contributed by atoms with Gasteiger partial charge in [0.05, 0.1) is 0 Å². The number of hydrogen-bond acceptors (Lipinski definition) is 3. The summed E-state index contributed by atoms with van der Waals surface area (Å²) in [5.41, 5.74) is 0.230. The van der Waals surface area contributed by atoms with Crippen LogP contribution < -0.4 is 10.6 Å². The van der Waals surface area contributed by atoms with Crippen LogP contribution in [0, 0.1) is 5.41 Å². The maximum absolute atomic E-state index is 11.4. The Hall–Kier alpha value is -0.610. The van der Waals surface area contributed by atoms with E-state index in [-0.39, 0.29) is 11.3 Å². The van der Waals surface area contributed by atoms with Crippen molar-refractivity contribution in [3.63, 3.8) is 0 Å². The third-order valence-electron chi connectivity index (χ3n) is 3.01. The molecule has 0 aromatic rings. The highest BCUT2D eigenvalue weighted by molar-refractivity contribution is 5.76. The molecule has 0 aromatic heterocycles. The second-order valence-electron chi connectivity index (χ2n) is 4.55. The predicted octanol–water partition coefficient (Wildman–Crippen LogP) is 0.529. The lowest BCUT2D eigenvalue weighted by Gasteiger charge is -2.33. The molecule has 0 unspecified atom stereocenters. The minimum atomic E-state index is 0.136. The van der Waals surface area contributed by atoms with Crippen molar-refractivity contribution in [2.45, 2.75) is 26.2 Å². The summed E-state index contributed by atoms with van der Waals surface area (Å²) >= 11 is 0. The summed E-state index contributed by atoms with van der Waals surface area (Å²) in [6.07, 6.45) is 2.64. The van der Waals surface area contributed by atoms with Crippen molar-refractivity contribution in [1.82, 2.24) is 10.6 Å². The minimum absolute atomic E-state index is 0.136. The number of hydrogen-bond donors (Lipinski definition) is 2. The first kappa shape index (κ1) is 12.5. The lowest BCUT2D eigenvalue weighted by Crippen LogP contribution is -2.39. The Bertz CT molecular complexity index is 201. The van der Waals surface area contributed by atoms with Crippen LogP contribution in [0.3, 0.4) is 0 Å². The second-order valence-corrected chi connectivity index (χ2v) is 4.55. The maximum Gasteiger partial charge on any atom is 0.221 e. The molecular formula is C11H22N2O2. The van der Waals surface area contributed by atoms with Gasteiger partial charge in [0.2, 0.25) is 5.91 Å². The largest absolute Gasteiger partial charge is 0.381 e. The number of amides is 1. The highest BCUT2D eigenvalue weighted by Crippen LogP contribution is 2.28. The average molecular weight is 214 g/mol. The standard InChI is InChI=1S/C11H22N2O2/c1-11(4-7-15-8-5-11)9-13-10(14)3-6-12-2/h12H,3-9H2,1-2H3,(H,13,14). The summed E-state index contributed by atoms with van der Waals surface area (Å²) in [5.74, 6) is 0.136. The number of nitrogens with one attached hydrogen (secondary N) is 2. The van der Waals surface area contributed by atoms with Gasteiger partial charge in [0, 0.05) is 32.7 Å². The van der Waals surface area contributed by atoms with Crippen molar-refractivity contribution in [1.29, 1.82) is 0 Å². The van der Waals surface area contributed by atoms with E-state index in [4.69, 9.17) is 4.74 Å². The first-order valence-corrected chi connectivity index (χ1v) is 5.65. The molecule has 1 aliphatic heterocycles. The molecule has 88 valence electrons. The van der Waals surface area contributed by atoms with Gasteiger partial charge in [-0.25, -0.2) is 0 Å². The number of carbonyl (C=O) groups is 1. The number of rotatable bonds is 5. The molecule has 0 saturated carbocycles. The molecule has 0 radical (unpaired) electrons. The molecule has 1 amide bonds. The zero-order chi connectivity index (χ0) is 11.1. The fraction of sp³-hybridized carbons (Fsp3) is 0.909. The van der Waals surface area contributed by atoms with Crippen molar-refractivity contribution in [3.05, 3.63) is 0 Å². The van der Waals surface area contributed by atoms with Gasteiger partial charge in [-0.05, 0) is 25.3 Å². The van der Waals surface area contributed by atoms with Crippen LogP contribution >= 0.6 is 0 Å². The van der Waals surface area contributed by atoms with E-state index in [1.54, 1.807) is 0 Å². The molecule has 1 fully saturated rings. The third-order valence-corrected chi connectivity index (χ3v) is 3.01. The lowest BCUT2D eigenvalue weighted by atomic mass is 9.82. The quantitative estimate of drug-likeness (QED) is 0.702. The maximum atomic E-state index is 11.4. The van der Waals surface area contributed by atoms with Gasteiger partial charge in [0.1, 0.15) is 0 Å². The minimum Gasteiger partial charge on any atom is -0.381 e. The van der Waals surface area contributed by atoms with E-state index >= 15 is 0 Å².